The summed E-state index contributed by atoms with van der Waals surface area (Å²) in [7, 11) is 0. The Morgan fingerprint density at radius 1 is 1.24 bits per heavy atom. The molecule has 0 spiro atoms. The van der Waals surface area contributed by atoms with Gasteiger partial charge in [0, 0.05) is 0 Å². The van der Waals surface area contributed by atoms with Crippen molar-refractivity contribution in [2.75, 3.05) is 13.1 Å². The van der Waals surface area contributed by atoms with Crippen LogP contribution in [0, 0.1) is 19.8 Å². The zero-order valence-electron chi connectivity index (χ0n) is 11.5. The van der Waals surface area contributed by atoms with E-state index < -0.39 is 0 Å². The molecule has 0 saturated heterocycles. The molecule has 0 aliphatic heterocycles. The Bertz CT molecular complexity index is 347. The average Bonchev–Trinajstić information content (AvgIpc) is 2.23. The number of rotatable bonds is 6. The molecule has 17 heavy (non-hydrogen) atoms. The Hall–Kier alpha value is -0.860. The maximum absolute atomic E-state index is 10.1. The molecule has 2 heteroatoms. The summed E-state index contributed by atoms with van der Waals surface area (Å²) < 4.78 is 0. The molecule has 0 amide bonds. The van der Waals surface area contributed by atoms with Gasteiger partial charge in [-0.1, -0.05) is 37.6 Å². The van der Waals surface area contributed by atoms with Crippen molar-refractivity contribution in [2.24, 2.45) is 5.92 Å². The van der Waals surface area contributed by atoms with E-state index in [2.05, 4.69) is 45.1 Å². The number of aryl methyl sites for hydroxylation is 2. The lowest BCUT2D eigenvalue weighted by molar-refractivity contribution is 0.166. The SMILES string of the molecule is Cc1ccc(C(O)CCNCC(C)C)c(C)c1. The molecule has 0 aromatic heterocycles. The molecule has 1 unspecified atom stereocenters. The predicted octanol–water partition coefficient (Wildman–Crippen LogP) is 2.97. The number of aliphatic hydroxyl groups excluding tert-OH is 1. The summed E-state index contributed by atoms with van der Waals surface area (Å²) in [6, 6.07) is 6.23. The highest BCUT2D eigenvalue weighted by Gasteiger charge is 2.09. The minimum Gasteiger partial charge on any atom is -0.388 e. The maximum atomic E-state index is 10.1. The lowest BCUT2D eigenvalue weighted by atomic mass is 9.99. The first kappa shape index (κ1) is 14.2. The Balaban J connectivity index is 2.44. The van der Waals surface area contributed by atoms with Gasteiger partial charge in [-0.15, -0.1) is 0 Å². The van der Waals surface area contributed by atoms with Gasteiger partial charge in [-0.2, -0.15) is 0 Å². The molecule has 0 aliphatic carbocycles. The molecule has 1 aromatic carbocycles. The molecule has 1 atom stereocenters. The maximum Gasteiger partial charge on any atom is 0.0804 e. The van der Waals surface area contributed by atoms with Crippen LogP contribution in [0.4, 0.5) is 0 Å². The van der Waals surface area contributed by atoms with E-state index in [1.807, 2.05) is 6.07 Å². The lowest BCUT2D eigenvalue weighted by Gasteiger charge is -2.15. The van der Waals surface area contributed by atoms with E-state index in [0.29, 0.717) is 5.92 Å². The summed E-state index contributed by atoms with van der Waals surface area (Å²) in [5.41, 5.74) is 3.49. The number of aliphatic hydroxyl groups is 1. The summed E-state index contributed by atoms with van der Waals surface area (Å²) in [6.07, 6.45) is 0.423. The largest absolute Gasteiger partial charge is 0.388 e. The molecule has 0 radical (unpaired) electrons. The first-order valence-electron chi connectivity index (χ1n) is 6.46. The van der Waals surface area contributed by atoms with Crippen molar-refractivity contribution in [1.29, 1.82) is 0 Å². The summed E-state index contributed by atoms with van der Waals surface area (Å²) in [5.74, 6) is 0.660. The Labute approximate surface area is 105 Å². The van der Waals surface area contributed by atoms with Crippen LogP contribution in [-0.4, -0.2) is 18.2 Å². The number of hydrogen-bond acceptors (Lipinski definition) is 2. The highest BCUT2D eigenvalue weighted by molar-refractivity contribution is 5.31. The average molecular weight is 235 g/mol. The normalized spacial score (nSPS) is 13.1. The van der Waals surface area contributed by atoms with E-state index in [1.54, 1.807) is 0 Å². The molecular formula is C15H25NO. The van der Waals surface area contributed by atoms with Gasteiger partial charge in [-0.25, -0.2) is 0 Å². The summed E-state index contributed by atoms with van der Waals surface area (Å²) >= 11 is 0. The summed E-state index contributed by atoms with van der Waals surface area (Å²) in [4.78, 5) is 0. The highest BCUT2D eigenvalue weighted by Crippen LogP contribution is 2.21. The first-order chi connectivity index (χ1) is 8.00. The molecule has 0 bridgehead atoms. The minimum atomic E-state index is -0.352. The van der Waals surface area contributed by atoms with Crippen LogP contribution in [0.2, 0.25) is 0 Å². The van der Waals surface area contributed by atoms with E-state index in [9.17, 15) is 5.11 Å². The zero-order valence-corrected chi connectivity index (χ0v) is 11.5. The van der Waals surface area contributed by atoms with Crippen LogP contribution in [-0.2, 0) is 0 Å². The minimum absolute atomic E-state index is 0.352. The van der Waals surface area contributed by atoms with Gasteiger partial charge in [0.15, 0.2) is 0 Å². The van der Waals surface area contributed by atoms with Crippen LogP contribution < -0.4 is 5.32 Å². The topological polar surface area (TPSA) is 32.3 Å². The van der Waals surface area contributed by atoms with Crippen LogP contribution in [0.5, 0.6) is 0 Å². The van der Waals surface area contributed by atoms with Gasteiger partial charge in [-0.05, 0) is 50.4 Å². The van der Waals surface area contributed by atoms with Crippen LogP contribution >= 0.6 is 0 Å². The fourth-order valence-corrected chi connectivity index (χ4v) is 1.98. The van der Waals surface area contributed by atoms with E-state index in [-0.39, 0.29) is 6.10 Å². The Morgan fingerprint density at radius 3 is 2.53 bits per heavy atom. The predicted molar refractivity (Wildman–Crippen MR) is 73.2 cm³/mol. The van der Waals surface area contributed by atoms with E-state index in [0.717, 1.165) is 25.1 Å². The standard InChI is InChI=1S/C15H25NO/c1-11(2)10-16-8-7-15(17)14-6-5-12(3)9-13(14)4/h5-6,9,11,15-17H,7-8,10H2,1-4H3. The van der Waals surface area contributed by atoms with E-state index in [1.165, 1.54) is 11.1 Å². The number of benzene rings is 1. The monoisotopic (exact) mass is 235 g/mol. The first-order valence-corrected chi connectivity index (χ1v) is 6.46. The van der Waals surface area contributed by atoms with Crippen molar-refractivity contribution >= 4 is 0 Å². The zero-order chi connectivity index (χ0) is 12.8. The van der Waals surface area contributed by atoms with Gasteiger partial charge >= 0.3 is 0 Å². The molecule has 0 saturated carbocycles. The third-order valence-corrected chi connectivity index (χ3v) is 2.93. The van der Waals surface area contributed by atoms with Crippen LogP contribution in [0.3, 0.4) is 0 Å². The van der Waals surface area contributed by atoms with Gasteiger partial charge in [-0.3, -0.25) is 0 Å². The summed E-state index contributed by atoms with van der Waals surface area (Å²) in [6.45, 7) is 10.4. The molecule has 2 nitrogen and oxygen atoms in total. The second-order valence-corrected chi connectivity index (χ2v) is 5.26. The molecular weight excluding hydrogens is 210 g/mol. The Morgan fingerprint density at radius 2 is 1.94 bits per heavy atom. The molecule has 1 aromatic rings. The smallest absolute Gasteiger partial charge is 0.0804 e. The van der Waals surface area contributed by atoms with Crippen LogP contribution in [0.1, 0.15) is 43.1 Å². The molecule has 0 heterocycles. The van der Waals surface area contributed by atoms with Crippen molar-refractivity contribution < 1.29 is 5.11 Å². The Kier molecular flexibility index (Phi) is 5.66. The second-order valence-electron chi connectivity index (χ2n) is 5.26. The van der Waals surface area contributed by atoms with Gasteiger partial charge in [0.2, 0.25) is 0 Å². The molecule has 2 N–H and O–H groups in total. The third-order valence-electron chi connectivity index (χ3n) is 2.93. The lowest BCUT2D eigenvalue weighted by Crippen LogP contribution is -2.22. The highest BCUT2D eigenvalue weighted by atomic mass is 16.3. The van der Waals surface area contributed by atoms with Crippen molar-refractivity contribution in [3.8, 4) is 0 Å². The van der Waals surface area contributed by atoms with Crippen molar-refractivity contribution in [3.63, 3.8) is 0 Å². The van der Waals surface area contributed by atoms with Crippen LogP contribution in [0.15, 0.2) is 18.2 Å². The van der Waals surface area contributed by atoms with Gasteiger partial charge in [0.25, 0.3) is 0 Å². The van der Waals surface area contributed by atoms with Gasteiger partial charge in [0.05, 0.1) is 6.10 Å². The summed E-state index contributed by atoms with van der Waals surface area (Å²) in [5, 5.41) is 13.5. The molecule has 96 valence electrons. The molecule has 0 fully saturated rings. The van der Waals surface area contributed by atoms with E-state index >= 15 is 0 Å². The second kappa shape index (κ2) is 6.77. The van der Waals surface area contributed by atoms with E-state index in [4.69, 9.17) is 0 Å². The number of hydrogen-bond donors (Lipinski definition) is 2. The fourth-order valence-electron chi connectivity index (χ4n) is 1.98. The van der Waals surface area contributed by atoms with Crippen molar-refractivity contribution in [2.45, 2.75) is 40.2 Å². The van der Waals surface area contributed by atoms with Crippen LogP contribution in [0.25, 0.3) is 0 Å². The third kappa shape index (κ3) is 4.88. The quantitative estimate of drug-likeness (QED) is 0.743. The number of nitrogens with one attached hydrogen (secondary N) is 1. The fraction of sp³-hybridized carbons (Fsp3) is 0.600. The van der Waals surface area contributed by atoms with Gasteiger partial charge < -0.3 is 10.4 Å². The van der Waals surface area contributed by atoms with Crippen molar-refractivity contribution in [3.05, 3.63) is 34.9 Å². The molecule has 0 aliphatic rings. The molecule has 1 rings (SSSR count). The van der Waals surface area contributed by atoms with Gasteiger partial charge in [0.1, 0.15) is 0 Å². The van der Waals surface area contributed by atoms with Crippen molar-refractivity contribution in [1.82, 2.24) is 5.32 Å².